The minimum Gasteiger partial charge on any atom is -0.450 e. The Morgan fingerprint density at radius 3 is 2.53 bits per heavy atom. The molecule has 30 heavy (non-hydrogen) atoms. The molecule has 2 heterocycles. The molecule has 0 radical (unpaired) electrons. The SMILES string of the molecule is Cc1cc2cccc3c2c(c1C)-c1c(cc2c(C4CCCCC4)cccc2[n+]1C)O3. The maximum absolute atomic E-state index is 6.55. The predicted octanol–water partition coefficient (Wildman–Crippen LogP) is 7.25. The summed E-state index contributed by atoms with van der Waals surface area (Å²) in [6, 6.07) is 17.9. The molecular formula is C28H28NO+. The highest BCUT2D eigenvalue weighted by Crippen LogP contribution is 2.48. The van der Waals surface area contributed by atoms with E-state index in [-0.39, 0.29) is 0 Å². The fourth-order valence-corrected chi connectivity index (χ4v) is 5.81. The zero-order valence-corrected chi connectivity index (χ0v) is 18.1. The first kappa shape index (κ1) is 17.9. The number of aromatic nitrogens is 1. The highest BCUT2D eigenvalue weighted by molar-refractivity contribution is 6.05. The van der Waals surface area contributed by atoms with E-state index >= 15 is 0 Å². The standard InChI is InChI=1S/C28H28NO/c1-17-15-20-11-7-14-24-27(20)26(18(17)2)28-25(30-24)16-22-21(19-9-5-4-6-10-19)12-8-13-23(22)29(28)3/h7-8,11-16,19H,4-6,9-10H2,1-3H3/q+1. The second-order valence-corrected chi connectivity index (χ2v) is 9.18. The number of rotatable bonds is 1. The normalized spacial score (nSPS) is 16.0. The number of pyridine rings is 1. The van der Waals surface area contributed by atoms with Gasteiger partial charge in [-0.2, -0.15) is 4.57 Å². The van der Waals surface area contributed by atoms with Crippen molar-refractivity contribution in [2.75, 3.05) is 0 Å². The lowest BCUT2D eigenvalue weighted by Crippen LogP contribution is -2.34. The van der Waals surface area contributed by atoms with E-state index in [0.29, 0.717) is 5.92 Å². The second-order valence-electron chi connectivity index (χ2n) is 9.18. The Kier molecular flexibility index (Phi) is 3.93. The average Bonchev–Trinajstić information content (AvgIpc) is 2.77. The third-order valence-electron chi connectivity index (χ3n) is 7.47. The van der Waals surface area contributed by atoms with Crippen molar-refractivity contribution in [3.8, 4) is 22.8 Å². The van der Waals surface area contributed by atoms with Crippen LogP contribution in [0.15, 0.2) is 48.5 Å². The summed E-state index contributed by atoms with van der Waals surface area (Å²) in [6.07, 6.45) is 6.69. The zero-order chi connectivity index (χ0) is 20.4. The molecule has 2 heteroatoms. The summed E-state index contributed by atoms with van der Waals surface area (Å²) in [5.74, 6) is 2.64. The predicted molar refractivity (Wildman–Crippen MR) is 123 cm³/mol. The van der Waals surface area contributed by atoms with Gasteiger partial charge < -0.3 is 4.74 Å². The summed E-state index contributed by atoms with van der Waals surface area (Å²) in [4.78, 5) is 0. The molecule has 0 unspecified atom stereocenters. The van der Waals surface area contributed by atoms with E-state index in [1.165, 1.54) is 81.7 Å². The van der Waals surface area contributed by atoms with Gasteiger partial charge in [0, 0.05) is 17.5 Å². The molecule has 0 N–H and O–H groups in total. The molecule has 1 aliphatic heterocycles. The third kappa shape index (κ3) is 2.46. The maximum atomic E-state index is 6.55. The molecule has 4 aromatic rings. The molecule has 3 aromatic carbocycles. The van der Waals surface area contributed by atoms with E-state index in [1.54, 1.807) is 0 Å². The first-order valence-electron chi connectivity index (χ1n) is 11.3. The Balaban J connectivity index is 1.68. The summed E-state index contributed by atoms with van der Waals surface area (Å²) >= 11 is 0. The fourth-order valence-electron chi connectivity index (χ4n) is 5.81. The molecule has 0 spiro atoms. The van der Waals surface area contributed by atoms with Crippen molar-refractivity contribution in [2.24, 2.45) is 7.05 Å². The Morgan fingerprint density at radius 1 is 0.900 bits per heavy atom. The van der Waals surface area contributed by atoms with Crippen LogP contribution in [-0.4, -0.2) is 0 Å². The van der Waals surface area contributed by atoms with E-state index in [1.807, 2.05) is 0 Å². The van der Waals surface area contributed by atoms with Gasteiger partial charge in [-0.15, -0.1) is 0 Å². The highest BCUT2D eigenvalue weighted by atomic mass is 16.5. The molecule has 1 aliphatic carbocycles. The molecule has 150 valence electrons. The monoisotopic (exact) mass is 394 g/mol. The van der Waals surface area contributed by atoms with E-state index in [0.717, 1.165) is 11.5 Å². The lowest BCUT2D eigenvalue weighted by atomic mass is 9.82. The van der Waals surface area contributed by atoms with Crippen LogP contribution in [0.2, 0.25) is 0 Å². The minimum absolute atomic E-state index is 0.670. The smallest absolute Gasteiger partial charge is 0.256 e. The van der Waals surface area contributed by atoms with Gasteiger partial charge in [0.1, 0.15) is 12.8 Å². The molecule has 2 aliphatic rings. The van der Waals surface area contributed by atoms with Gasteiger partial charge in [0.05, 0.1) is 10.9 Å². The second kappa shape index (κ2) is 6.57. The highest BCUT2D eigenvalue weighted by Gasteiger charge is 2.32. The zero-order valence-electron chi connectivity index (χ0n) is 18.1. The van der Waals surface area contributed by atoms with Crippen LogP contribution in [-0.2, 0) is 7.05 Å². The average molecular weight is 395 g/mol. The van der Waals surface area contributed by atoms with E-state index in [4.69, 9.17) is 4.74 Å². The molecule has 0 atom stereocenters. The van der Waals surface area contributed by atoms with Crippen molar-refractivity contribution in [3.63, 3.8) is 0 Å². The van der Waals surface area contributed by atoms with E-state index in [9.17, 15) is 0 Å². The van der Waals surface area contributed by atoms with Crippen LogP contribution < -0.4 is 9.30 Å². The molecule has 2 nitrogen and oxygen atoms in total. The van der Waals surface area contributed by atoms with Gasteiger partial charge in [0.15, 0.2) is 5.75 Å². The number of nitrogens with zero attached hydrogens (tertiary/aromatic N) is 1. The van der Waals surface area contributed by atoms with Gasteiger partial charge in [0.2, 0.25) is 5.52 Å². The Hall–Kier alpha value is -2.87. The largest absolute Gasteiger partial charge is 0.450 e. The van der Waals surface area contributed by atoms with Gasteiger partial charge in [-0.1, -0.05) is 49.6 Å². The summed E-state index contributed by atoms with van der Waals surface area (Å²) in [5.41, 5.74) is 8.01. The van der Waals surface area contributed by atoms with Gasteiger partial charge in [-0.05, 0) is 60.7 Å². The fraction of sp³-hybridized carbons (Fsp3) is 0.321. The molecule has 1 fully saturated rings. The number of hydrogen-bond donors (Lipinski definition) is 0. The van der Waals surface area contributed by atoms with Crippen molar-refractivity contribution in [3.05, 3.63) is 65.2 Å². The molecule has 1 aromatic heterocycles. The summed E-state index contributed by atoms with van der Waals surface area (Å²) in [5, 5.41) is 3.85. The number of fused-ring (bicyclic) bond motifs is 3. The van der Waals surface area contributed by atoms with E-state index in [2.05, 4.69) is 74.0 Å². The van der Waals surface area contributed by atoms with Crippen LogP contribution >= 0.6 is 0 Å². The quantitative estimate of drug-likeness (QED) is 0.273. The lowest BCUT2D eigenvalue weighted by Gasteiger charge is -2.25. The Morgan fingerprint density at radius 2 is 1.70 bits per heavy atom. The number of hydrogen-bond acceptors (Lipinski definition) is 1. The van der Waals surface area contributed by atoms with Crippen LogP contribution in [0.1, 0.15) is 54.7 Å². The van der Waals surface area contributed by atoms with Crippen molar-refractivity contribution >= 4 is 21.7 Å². The number of aryl methyl sites for hydroxylation is 2. The van der Waals surface area contributed by atoms with Crippen molar-refractivity contribution < 1.29 is 9.30 Å². The topological polar surface area (TPSA) is 13.1 Å². The molecule has 0 saturated heterocycles. The number of ether oxygens (including phenoxy) is 1. The lowest BCUT2D eigenvalue weighted by molar-refractivity contribution is -0.633. The summed E-state index contributed by atoms with van der Waals surface area (Å²) in [6.45, 7) is 4.47. The van der Waals surface area contributed by atoms with Gasteiger partial charge in [-0.25, -0.2) is 0 Å². The molecule has 1 saturated carbocycles. The van der Waals surface area contributed by atoms with Crippen molar-refractivity contribution in [1.82, 2.24) is 0 Å². The summed E-state index contributed by atoms with van der Waals surface area (Å²) in [7, 11) is 2.21. The van der Waals surface area contributed by atoms with Crippen molar-refractivity contribution in [1.29, 1.82) is 0 Å². The van der Waals surface area contributed by atoms with Gasteiger partial charge >= 0.3 is 0 Å². The summed E-state index contributed by atoms with van der Waals surface area (Å²) < 4.78 is 8.92. The van der Waals surface area contributed by atoms with Crippen LogP contribution in [0.3, 0.4) is 0 Å². The first-order valence-corrected chi connectivity index (χ1v) is 11.3. The first-order chi connectivity index (χ1) is 14.6. The van der Waals surface area contributed by atoms with Crippen LogP contribution in [0.25, 0.3) is 32.9 Å². The Labute approximate surface area is 178 Å². The molecule has 6 rings (SSSR count). The maximum Gasteiger partial charge on any atom is 0.256 e. The Bertz CT molecular complexity index is 1330. The van der Waals surface area contributed by atoms with Gasteiger partial charge in [0.25, 0.3) is 5.69 Å². The minimum atomic E-state index is 0.670. The molecule has 0 bridgehead atoms. The van der Waals surface area contributed by atoms with Crippen LogP contribution in [0, 0.1) is 13.8 Å². The van der Waals surface area contributed by atoms with Crippen molar-refractivity contribution in [2.45, 2.75) is 51.9 Å². The van der Waals surface area contributed by atoms with Gasteiger partial charge in [-0.3, -0.25) is 0 Å². The van der Waals surface area contributed by atoms with E-state index < -0.39 is 0 Å². The third-order valence-corrected chi connectivity index (χ3v) is 7.47. The molecular weight excluding hydrogens is 366 g/mol. The number of benzene rings is 3. The molecule has 0 amide bonds. The van der Waals surface area contributed by atoms with Crippen LogP contribution in [0.4, 0.5) is 0 Å². The van der Waals surface area contributed by atoms with Crippen LogP contribution in [0.5, 0.6) is 11.5 Å².